The van der Waals surface area contributed by atoms with E-state index in [2.05, 4.69) is 4.72 Å². The molecule has 1 aliphatic heterocycles. The third-order valence-corrected chi connectivity index (χ3v) is 8.89. The van der Waals surface area contributed by atoms with Gasteiger partial charge in [0.2, 0.25) is 10.0 Å². The number of rotatable bonds is 6. The van der Waals surface area contributed by atoms with Crippen molar-refractivity contribution in [2.45, 2.75) is 29.1 Å². The highest BCUT2D eigenvalue weighted by Gasteiger charge is 2.38. The Morgan fingerprint density at radius 1 is 0.931 bits per heavy atom. The molecule has 0 spiro atoms. The number of nitrogens with one attached hydrogen (secondary N) is 1. The molecule has 2 aliphatic rings. The number of methoxy groups -OCH3 is 1. The Balaban J connectivity index is 1.66. The number of anilines is 1. The fourth-order valence-electron chi connectivity index (χ4n) is 4.24. The lowest BCUT2D eigenvalue weighted by molar-refractivity contribution is 0.261. The molecule has 0 aromatic heterocycles. The number of sulfonamides is 2. The van der Waals surface area contributed by atoms with Crippen molar-refractivity contribution in [1.29, 1.82) is 0 Å². The first-order chi connectivity index (χ1) is 13.8. The average Bonchev–Trinajstić information content (AvgIpc) is 3.05. The van der Waals surface area contributed by atoms with Gasteiger partial charge in [0.1, 0.15) is 5.75 Å². The Bertz CT molecular complexity index is 1090. The summed E-state index contributed by atoms with van der Waals surface area (Å²) in [6.45, 7) is 1.05. The normalized spacial score (nSPS) is 22.4. The second-order valence-corrected chi connectivity index (χ2v) is 11.3. The van der Waals surface area contributed by atoms with Gasteiger partial charge in [0, 0.05) is 13.1 Å². The molecule has 29 heavy (non-hydrogen) atoms. The van der Waals surface area contributed by atoms with Gasteiger partial charge in [-0.1, -0.05) is 18.2 Å². The second kappa shape index (κ2) is 7.62. The highest BCUT2D eigenvalue weighted by atomic mass is 32.2. The first kappa shape index (κ1) is 20.2. The van der Waals surface area contributed by atoms with Gasteiger partial charge in [-0.15, -0.1) is 0 Å². The fourth-order valence-corrected chi connectivity index (χ4v) is 6.94. The lowest BCUT2D eigenvalue weighted by Crippen LogP contribution is -2.40. The molecule has 2 aromatic carbocycles. The maximum Gasteiger partial charge on any atom is 0.262 e. The minimum absolute atomic E-state index is 0.0605. The van der Waals surface area contributed by atoms with Crippen molar-refractivity contribution in [3.63, 3.8) is 0 Å². The third-order valence-electron chi connectivity index (χ3n) is 5.68. The molecule has 1 N–H and O–H groups in total. The van der Waals surface area contributed by atoms with Crippen molar-refractivity contribution < 1.29 is 21.6 Å². The van der Waals surface area contributed by atoms with Crippen LogP contribution >= 0.6 is 0 Å². The molecule has 2 atom stereocenters. The zero-order chi connectivity index (χ0) is 20.6. The minimum atomic E-state index is -3.88. The standard InChI is InChI=1S/C20H24N2O5S2/c1-27-20-10-9-18(29(25,26)22-13-15-7-8-16(11-15)14-22)12-19(20)21-28(23,24)17-5-3-2-4-6-17/h2-6,9-10,12,15-16,21H,7-8,11,13-14H2,1H3. The molecule has 2 fully saturated rings. The van der Waals surface area contributed by atoms with Crippen LogP contribution in [0, 0.1) is 11.8 Å². The Kier molecular flexibility index (Phi) is 5.30. The van der Waals surface area contributed by atoms with Gasteiger partial charge >= 0.3 is 0 Å². The Morgan fingerprint density at radius 3 is 2.21 bits per heavy atom. The van der Waals surface area contributed by atoms with Crippen molar-refractivity contribution in [3.8, 4) is 5.75 Å². The number of piperidine rings is 1. The van der Waals surface area contributed by atoms with E-state index in [-0.39, 0.29) is 21.2 Å². The zero-order valence-corrected chi connectivity index (χ0v) is 17.7. The lowest BCUT2D eigenvalue weighted by atomic mass is 10.0. The number of benzene rings is 2. The number of fused-ring (bicyclic) bond motifs is 2. The molecule has 4 rings (SSSR count). The molecular formula is C20H24N2O5S2. The molecule has 1 saturated heterocycles. The van der Waals surface area contributed by atoms with Gasteiger partial charge in [-0.05, 0) is 61.4 Å². The highest BCUT2D eigenvalue weighted by Crippen LogP contribution is 2.39. The number of hydrogen-bond acceptors (Lipinski definition) is 5. The van der Waals surface area contributed by atoms with E-state index in [4.69, 9.17) is 4.74 Å². The summed E-state index contributed by atoms with van der Waals surface area (Å²) in [5.74, 6) is 1.08. The summed E-state index contributed by atoms with van der Waals surface area (Å²) in [7, 11) is -6.18. The van der Waals surface area contributed by atoms with Crippen LogP contribution in [-0.4, -0.2) is 41.3 Å². The molecule has 1 saturated carbocycles. The summed E-state index contributed by atoms with van der Waals surface area (Å²) < 4.78 is 61.1. The van der Waals surface area contributed by atoms with Crippen molar-refractivity contribution in [2.24, 2.45) is 11.8 Å². The molecule has 0 amide bonds. The summed E-state index contributed by atoms with van der Waals surface area (Å²) in [5, 5.41) is 0. The SMILES string of the molecule is COc1ccc(S(=O)(=O)N2CC3CCC(C3)C2)cc1NS(=O)(=O)c1ccccc1. The van der Waals surface area contributed by atoms with Crippen LogP contribution in [0.2, 0.25) is 0 Å². The summed E-state index contributed by atoms with van der Waals surface area (Å²) in [4.78, 5) is 0.147. The quantitative estimate of drug-likeness (QED) is 0.752. The Morgan fingerprint density at radius 2 is 1.59 bits per heavy atom. The van der Waals surface area contributed by atoms with E-state index < -0.39 is 20.0 Å². The topological polar surface area (TPSA) is 92.8 Å². The van der Waals surface area contributed by atoms with Crippen LogP contribution in [0.25, 0.3) is 0 Å². The van der Waals surface area contributed by atoms with Crippen molar-refractivity contribution >= 4 is 25.7 Å². The molecule has 2 bridgehead atoms. The molecule has 0 radical (unpaired) electrons. The maximum absolute atomic E-state index is 13.2. The second-order valence-electron chi connectivity index (χ2n) is 7.65. The summed E-state index contributed by atoms with van der Waals surface area (Å²) in [6.07, 6.45) is 3.24. The summed E-state index contributed by atoms with van der Waals surface area (Å²) >= 11 is 0. The smallest absolute Gasteiger partial charge is 0.262 e. The minimum Gasteiger partial charge on any atom is -0.495 e. The molecule has 1 heterocycles. The molecular weight excluding hydrogens is 412 g/mol. The summed E-state index contributed by atoms with van der Waals surface area (Å²) in [5.41, 5.74) is 0.0948. The van der Waals surface area contributed by atoms with Crippen LogP contribution in [0.3, 0.4) is 0 Å². The van der Waals surface area contributed by atoms with Gasteiger partial charge in [-0.2, -0.15) is 4.31 Å². The molecule has 156 valence electrons. The van der Waals surface area contributed by atoms with Crippen LogP contribution in [0.15, 0.2) is 58.3 Å². The van der Waals surface area contributed by atoms with Crippen LogP contribution in [0.1, 0.15) is 19.3 Å². The van der Waals surface area contributed by atoms with Crippen LogP contribution in [-0.2, 0) is 20.0 Å². The monoisotopic (exact) mass is 436 g/mol. The Labute approximate surface area is 171 Å². The number of hydrogen-bond donors (Lipinski definition) is 1. The predicted molar refractivity (Wildman–Crippen MR) is 110 cm³/mol. The van der Waals surface area contributed by atoms with E-state index in [1.54, 1.807) is 18.2 Å². The van der Waals surface area contributed by atoms with Gasteiger partial charge in [0.15, 0.2) is 0 Å². The first-order valence-corrected chi connectivity index (χ1v) is 12.5. The van der Waals surface area contributed by atoms with E-state index in [0.29, 0.717) is 24.9 Å². The van der Waals surface area contributed by atoms with Gasteiger partial charge < -0.3 is 4.74 Å². The van der Waals surface area contributed by atoms with Crippen molar-refractivity contribution in [1.82, 2.24) is 4.31 Å². The van der Waals surface area contributed by atoms with E-state index in [1.807, 2.05) is 0 Å². The number of ether oxygens (including phenoxy) is 1. The zero-order valence-electron chi connectivity index (χ0n) is 16.1. The Hall–Kier alpha value is -2.10. The van der Waals surface area contributed by atoms with Crippen LogP contribution < -0.4 is 9.46 Å². The van der Waals surface area contributed by atoms with E-state index >= 15 is 0 Å². The lowest BCUT2D eigenvalue weighted by Gasteiger charge is -2.31. The van der Waals surface area contributed by atoms with Gasteiger partial charge in [0.25, 0.3) is 10.0 Å². The molecule has 1 aliphatic carbocycles. The maximum atomic E-state index is 13.2. The van der Waals surface area contributed by atoms with E-state index in [0.717, 1.165) is 19.3 Å². The van der Waals surface area contributed by atoms with Gasteiger partial charge in [0.05, 0.1) is 22.6 Å². The molecule has 7 nitrogen and oxygen atoms in total. The predicted octanol–water partition coefficient (Wildman–Crippen LogP) is 2.92. The van der Waals surface area contributed by atoms with Crippen LogP contribution in [0.5, 0.6) is 5.75 Å². The molecule has 2 aromatic rings. The van der Waals surface area contributed by atoms with Crippen molar-refractivity contribution in [3.05, 3.63) is 48.5 Å². The fraction of sp³-hybridized carbons (Fsp3) is 0.400. The number of nitrogens with zero attached hydrogens (tertiary/aromatic N) is 1. The van der Waals surface area contributed by atoms with Crippen LogP contribution in [0.4, 0.5) is 5.69 Å². The average molecular weight is 437 g/mol. The third kappa shape index (κ3) is 3.99. The molecule has 2 unspecified atom stereocenters. The van der Waals surface area contributed by atoms with E-state index in [1.165, 1.54) is 41.7 Å². The largest absolute Gasteiger partial charge is 0.495 e. The summed E-state index contributed by atoms with van der Waals surface area (Å²) in [6, 6.07) is 12.2. The highest BCUT2D eigenvalue weighted by molar-refractivity contribution is 7.92. The van der Waals surface area contributed by atoms with Gasteiger partial charge in [-0.3, -0.25) is 4.72 Å². The van der Waals surface area contributed by atoms with E-state index in [9.17, 15) is 16.8 Å². The molecule has 9 heteroatoms. The van der Waals surface area contributed by atoms with Crippen molar-refractivity contribution in [2.75, 3.05) is 24.9 Å². The van der Waals surface area contributed by atoms with Gasteiger partial charge in [-0.25, -0.2) is 16.8 Å². The first-order valence-electron chi connectivity index (χ1n) is 9.55.